The highest BCUT2D eigenvalue weighted by Gasteiger charge is 2.11. The van der Waals surface area contributed by atoms with Crippen molar-refractivity contribution in [3.05, 3.63) is 65.5 Å². The van der Waals surface area contributed by atoms with Gasteiger partial charge >= 0.3 is 5.97 Å². The van der Waals surface area contributed by atoms with Crippen molar-refractivity contribution >= 4 is 11.7 Å². The van der Waals surface area contributed by atoms with Crippen molar-refractivity contribution in [2.45, 2.75) is 6.54 Å². The summed E-state index contributed by atoms with van der Waals surface area (Å²) in [6.45, 7) is 0.515. The van der Waals surface area contributed by atoms with Crippen LogP contribution in [-0.2, 0) is 6.54 Å². The van der Waals surface area contributed by atoms with E-state index in [0.717, 1.165) is 11.3 Å². The van der Waals surface area contributed by atoms with Crippen LogP contribution in [0.4, 0.5) is 10.1 Å². The number of carbonyl (C=O) groups is 1. The van der Waals surface area contributed by atoms with Crippen molar-refractivity contribution in [2.24, 2.45) is 0 Å². The molecule has 0 heterocycles. The molecule has 4 heteroatoms. The molecule has 19 heavy (non-hydrogen) atoms. The predicted octanol–water partition coefficient (Wildman–Crippen LogP) is 3.16. The fraction of sp³-hybridized carbons (Fsp3) is 0.133. The molecular formula is C15H14FNO2. The quantitative estimate of drug-likeness (QED) is 0.916. The van der Waals surface area contributed by atoms with E-state index in [-0.39, 0.29) is 5.56 Å². The van der Waals surface area contributed by atoms with Crippen LogP contribution in [0.2, 0.25) is 0 Å². The molecule has 2 aromatic carbocycles. The van der Waals surface area contributed by atoms with E-state index in [1.807, 2.05) is 42.3 Å². The molecular weight excluding hydrogens is 245 g/mol. The van der Waals surface area contributed by atoms with Crippen molar-refractivity contribution in [2.75, 3.05) is 11.9 Å². The average molecular weight is 259 g/mol. The van der Waals surface area contributed by atoms with Gasteiger partial charge in [0.1, 0.15) is 5.82 Å². The molecule has 3 nitrogen and oxygen atoms in total. The number of para-hydroxylation sites is 1. The minimum absolute atomic E-state index is 0.300. The van der Waals surface area contributed by atoms with E-state index in [0.29, 0.717) is 6.54 Å². The molecule has 0 saturated heterocycles. The lowest BCUT2D eigenvalue weighted by atomic mass is 10.1. The summed E-state index contributed by atoms with van der Waals surface area (Å²) in [4.78, 5) is 12.7. The maximum Gasteiger partial charge on any atom is 0.338 e. The molecule has 0 unspecified atom stereocenters. The molecule has 0 atom stereocenters. The first-order valence-corrected chi connectivity index (χ1v) is 5.86. The number of hydrogen-bond acceptors (Lipinski definition) is 2. The van der Waals surface area contributed by atoms with E-state index in [1.54, 1.807) is 6.07 Å². The van der Waals surface area contributed by atoms with Gasteiger partial charge in [0, 0.05) is 19.3 Å². The molecule has 98 valence electrons. The zero-order chi connectivity index (χ0) is 13.8. The molecule has 0 fully saturated rings. The van der Waals surface area contributed by atoms with Crippen LogP contribution >= 0.6 is 0 Å². The van der Waals surface area contributed by atoms with Crippen LogP contribution in [0.3, 0.4) is 0 Å². The lowest BCUT2D eigenvalue weighted by Gasteiger charge is -2.19. The number of halogens is 1. The highest BCUT2D eigenvalue weighted by molar-refractivity contribution is 5.87. The Morgan fingerprint density at radius 1 is 1.21 bits per heavy atom. The fourth-order valence-corrected chi connectivity index (χ4v) is 1.88. The number of anilines is 1. The average Bonchev–Trinajstić information content (AvgIpc) is 2.39. The maximum atomic E-state index is 13.6. The Kier molecular flexibility index (Phi) is 3.80. The summed E-state index contributed by atoms with van der Waals surface area (Å²) in [7, 11) is 1.90. The lowest BCUT2D eigenvalue weighted by Crippen LogP contribution is -2.16. The normalized spacial score (nSPS) is 10.2. The van der Waals surface area contributed by atoms with Crippen LogP contribution in [0.1, 0.15) is 15.9 Å². The van der Waals surface area contributed by atoms with Gasteiger partial charge in [-0.15, -0.1) is 0 Å². The first-order valence-electron chi connectivity index (χ1n) is 5.86. The molecule has 0 aliphatic heterocycles. The van der Waals surface area contributed by atoms with Crippen molar-refractivity contribution in [1.82, 2.24) is 0 Å². The standard InChI is InChI=1S/C15H14FNO2/c1-17(12-5-3-2-4-6-12)10-11-7-8-13(15(18)19)14(16)9-11/h2-9H,10H2,1H3,(H,18,19). The van der Waals surface area contributed by atoms with Gasteiger partial charge in [-0.25, -0.2) is 9.18 Å². The highest BCUT2D eigenvalue weighted by atomic mass is 19.1. The van der Waals surface area contributed by atoms with Crippen molar-refractivity contribution in [3.8, 4) is 0 Å². The summed E-state index contributed by atoms with van der Waals surface area (Å²) in [5, 5.41) is 8.77. The molecule has 0 amide bonds. The predicted molar refractivity (Wildman–Crippen MR) is 71.9 cm³/mol. The van der Waals surface area contributed by atoms with E-state index in [2.05, 4.69) is 0 Å². The summed E-state index contributed by atoms with van der Waals surface area (Å²) < 4.78 is 13.6. The van der Waals surface area contributed by atoms with Gasteiger partial charge in [0.05, 0.1) is 5.56 Å². The SMILES string of the molecule is CN(Cc1ccc(C(=O)O)c(F)c1)c1ccccc1. The smallest absolute Gasteiger partial charge is 0.338 e. The molecule has 0 spiro atoms. The third-order valence-corrected chi connectivity index (χ3v) is 2.88. The molecule has 0 bridgehead atoms. The molecule has 0 aliphatic rings. The summed E-state index contributed by atoms with van der Waals surface area (Å²) in [6.07, 6.45) is 0. The molecule has 0 saturated carbocycles. The summed E-state index contributed by atoms with van der Waals surface area (Å²) in [5.74, 6) is -1.95. The van der Waals surface area contributed by atoms with Crippen molar-refractivity contribution in [3.63, 3.8) is 0 Å². The second-order valence-corrected chi connectivity index (χ2v) is 4.31. The largest absolute Gasteiger partial charge is 0.478 e. The van der Waals surface area contributed by atoms with Crippen molar-refractivity contribution in [1.29, 1.82) is 0 Å². The number of carboxylic acid groups (broad SMARTS) is 1. The molecule has 0 aliphatic carbocycles. The van der Waals surface area contributed by atoms with Crippen LogP contribution in [0.5, 0.6) is 0 Å². The Morgan fingerprint density at radius 3 is 2.47 bits per heavy atom. The summed E-state index contributed by atoms with van der Waals surface area (Å²) in [5.41, 5.74) is 1.45. The topological polar surface area (TPSA) is 40.5 Å². The molecule has 0 aromatic heterocycles. The van der Waals surface area contributed by atoms with Gasteiger partial charge in [0.2, 0.25) is 0 Å². The van der Waals surface area contributed by atoms with E-state index in [4.69, 9.17) is 5.11 Å². The van der Waals surface area contributed by atoms with Gasteiger partial charge in [-0.3, -0.25) is 0 Å². The lowest BCUT2D eigenvalue weighted by molar-refractivity contribution is 0.0692. The molecule has 1 N–H and O–H groups in total. The van der Waals surface area contributed by atoms with E-state index < -0.39 is 11.8 Å². The van der Waals surface area contributed by atoms with Crippen LogP contribution < -0.4 is 4.90 Å². The number of hydrogen-bond donors (Lipinski definition) is 1. The monoisotopic (exact) mass is 259 g/mol. The van der Waals surface area contributed by atoms with Crippen LogP contribution in [0.25, 0.3) is 0 Å². The molecule has 2 rings (SSSR count). The third kappa shape index (κ3) is 3.10. The molecule has 0 radical (unpaired) electrons. The zero-order valence-corrected chi connectivity index (χ0v) is 10.5. The fourth-order valence-electron chi connectivity index (χ4n) is 1.88. The van der Waals surface area contributed by atoms with E-state index >= 15 is 0 Å². The van der Waals surface area contributed by atoms with Gasteiger partial charge in [-0.05, 0) is 29.8 Å². The number of benzene rings is 2. The Bertz CT molecular complexity index is 584. The minimum Gasteiger partial charge on any atom is -0.478 e. The van der Waals surface area contributed by atoms with E-state index in [1.165, 1.54) is 12.1 Å². The Balaban J connectivity index is 2.16. The minimum atomic E-state index is -1.25. The highest BCUT2D eigenvalue weighted by Crippen LogP contribution is 2.16. The number of rotatable bonds is 4. The molecule has 2 aromatic rings. The number of nitrogens with zero attached hydrogens (tertiary/aromatic N) is 1. The summed E-state index contributed by atoms with van der Waals surface area (Å²) >= 11 is 0. The van der Waals surface area contributed by atoms with Gasteiger partial charge in [-0.2, -0.15) is 0 Å². The Hall–Kier alpha value is -2.36. The first-order chi connectivity index (χ1) is 9.08. The third-order valence-electron chi connectivity index (χ3n) is 2.88. The Morgan fingerprint density at radius 2 is 1.89 bits per heavy atom. The maximum absolute atomic E-state index is 13.6. The van der Waals surface area contributed by atoms with E-state index in [9.17, 15) is 9.18 Å². The number of aromatic carboxylic acids is 1. The van der Waals surface area contributed by atoms with Gasteiger partial charge < -0.3 is 10.0 Å². The van der Waals surface area contributed by atoms with Crippen molar-refractivity contribution < 1.29 is 14.3 Å². The second-order valence-electron chi connectivity index (χ2n) is 4.31. The zero-order valence-electron chi connectivity index (χ0n) is 10.5. The second kappa shape index (κ2) is 5.52. The van der Waals surface area contributed by atoms with Crippen LogP contribution in [0, 0.1) is 5.82 Å². The summed E-state index contributed by atoms with van der Waals surface area (Å²) in [6, 6.07) is 13.9. The van der Waals surface area contributed by atoms with Crippen LogP contribution in [0.15, 0.2) is 48.5 Å². The van der Waals surface area contributed by atoms with Crippen LogP contribution in [-0.4, -0.2) is 18.1 Å². The van der Waals surface area contributed by atoms with Gasteiger partial charge in [0.15, 0.2) is 0 Å². The Labute approximate surface area is 110 Å². The number of carboxylic acids is 1. The van der Waals surface area contributed by atoms with Gasteiger partial charge in [-0.1, -0.05) is 24.3 Å². The van der Waals surface area contributed by atoms with Gasteiger partial charge in [0.25, 0.3) is 0 Å². The first kappa shape index (κ1) is 13.1.